The van der Waals surface area contributed by atoms with E-state index in [1.165, 1.54) is 0 Å². The number of morpholine rings is 1. The van der Waals surface area contributed by atoms with Gasteiger partial charge in [-0.3, -0.25) is 9.69 Å². The normalized spacial score (nSPS) is 16.1. The van der Waals surface area contributed by atoms with Crippen molar-refractivity contribution in [3.63, 3.8) is 0 Å². The summed E-state index contributed by atoms with van der Waals surface area (Å²) in [4.78, 5) is 14.3. The van der Waals surface area contributed by atoms with Crippen molar-refractivity contribution >= 4 is 33.4 Å². The molecule has 1 saturated heterocycles. The smallest absolute Gasteiger partial charge is 0.251 e. The number of halogens is 2. The van der Waals surface area contributed by atoms with Gasteiger partial charge in [-0.1, -0.05) is 11.6 Å². The molecule has 0 radical (unpaired) electrons. The van der Waals surface area contributed by atoms with Crippen molar-refractivity contribution in [2.45, 2.75) is 6.42 Å². The van der Waals surface area contributed by atoms with E-state index in [1.54, 1.807) is 18.2 Å². The van der Waals surface area contributed by atoms with E-state index >= 15 is 0 Å². The standard InChI is InChI=1S/C14H18BrClN2O2/c15-12-10-11(2-3-13(12)16)14(19)17-4-1-5-18-6-8-20-9-7-18/h2-3,10H,1,4-9H2,(H,17,19). The molecule has 0 atom stereocenters. The zero-order valence-corrected chi connectivity index (χ0v) is 13.5. The number of carbonyl (C=O) groups is 1. The van der Waals surface area contributed by atoms with Crippen molar-refractivity contribution in [1.82, 2.24) is 10.2 Å². The van der Waals surface area contributed by atoms with E-state index in [0.29, 0.717) is 17.1 Å². The van der Waals surface area contributed by atoms with Gasteiger partial charge in [-0.15, -0.1) is 0 Å². The van der Waals surface area contributed by atoms with Gasteiger partial charge in [0.2, 0.25) is 0 Å². The first kappa shape index (κ1) is 15.8. The van der Waals surface area contributed by atoms with Gasteiger partial charge in [-0.2, -0.15) is 0 Å². The molecule has 1 aliphatic heterocycles. The molecule has 0 saturated carbocycles. The molecule has 4 nitrogen and oxygen atoms in total. The zero-order valence-electron chi connectivity index (χ0n) is 11.2. The molecule has 0 bridgehead atoms. The molecular weight excluding hydrogens is 344 g/mol. The van der Waals surface area contributed by atoms with Gasteiger partial charge in [0.25, 0.3) is 5.91 Å². The minimum absolute atomic E-state index is 0.0654. The fraction of sp³-hybridized carbons (Fsp3) is 0.500. The Morgan fingerprint density at radius 1 is 1.40 bits per heavy atom. The van der Waals surface area contributed by atoms with Crippen molar-refractivity contribution in [3.05, 3.63) is 33.3 Å². The van der Waals surface area contributed by atoms with Gasteiger partial charge in [0.15, 0.2) is 0 Å². The van der Waals surface area contributed by atoms with E-state index in [2.05, 4.69) is 26.1 Å². The molecule has 0 aromatic heterocycles. The highest BCUT2D eigenvalue weighted by Crippen LogP contribution is 2.23. The largest absolute Gasteiger partial charge is 0.379 e. The predicted molar refractivity (Wildman–Crippen MR) is 83.4 cm³/mol. The molecule has 110 valence electrons. The van der Waals surface area contributed by atoms with E-state index in [-0.39, 0.29) is 5.91 Å². The number of hydrogen-bond donors (Lipinski definition) is 1. The molecule has 1 N–H and O–H groups in total. The molecule has 0 spiro atoms. The van der Waals surface area contributed by atoms with Crippen LogP contribution in [0.3, 0.4) is 0 Å². The Bertz CT molecular complexity index is 464. The van der Waals surface area contributed by atoms with Gasteiger partial charge in [0, 0.05) is 29.7 Å². The van der Waals surface area contributed by atoms with Crippen LogP contribution in [0.4, 0.5) is 0 Å². The molecule has 20 heavy (non-hydrogen) atoms. The van der Waals surface area contributed by atoms with Gasteiger partial charge >= 0.3 is 0 Å². The quantitative estimate of drug-likeness (QED) is 0.820. The van der Waals surface area contributed by atoms with Crippen molar-refractivity contribution in [2.24, 2.45) is 0 Å². The summed E-state index contributed by atoms with van der Waals surface area (Å²) >= 11 is 9.22. The van der Waals surface area contributed by atoms with Gasteiger partial charge in [-0.05, 0) is 47.1 Å². The van der Waals surface area contributed by atoms with E-state index in [0.717, 1.165) is 43.7 Å². The van der Waals surface area contributed by atoms with Crippen LogP contribution in [0.25, 0.3) is 0 Å². The summed E-state index contributed by atoms with van der Waals surface area (Å²) in [6.45, 7) is 5.26. The number of amides is 1. The zero-order chi connectivity index (χ0) is 14.4. The van der Waals surface area contributed by atoms with Crippen LogP contribution in [0.15, 0.2) is 22.7 Å². The number of rotatable bonds is 5. The highest BCUT2D eigenvalue weighted by atomic mass is 79.9. The van der Waals surface area contributed by atoms with Crippen LogP contribution < -0.4 is 5.32 Å². The Labute approximate surface area is 132 Å². The lowest BCUT2D eigenvalue weighted by Crippen LogP contribution is -2.38. The van der Waals surface area contributed by atoms with Crippen LogP contribution in [-0.2, 0) is 4.74 Å². The number of benzene rings is 1. The molecule has 2 rings (SSSR count). The SMILES string of the molecule is O=C(NCCCN1CCOCC1)c1ccc(Cl)c(Br)c1. The Kier molecular flexibility index (Phi) is 6.29. The second-order valence-corrected chi connectivity index (χ2v) is 5.95. The van der Waals surface area contributed by atoms with Crippen molar-refractivity contribution < 1.29 is 9.53 Å². The third-order valence-electron chi connectivity index (χ3n) is 3.22. The van der Waals surface area contributed by atoms with Crippen molar-refractivity contribution in [3.8, 4) is 0 Å². The Morgan fingerprint density at radius 2 is 2.15 bits per heavy atom. The summed E-state index contributed by atoms with van der Waals surface area (Å²) in [6, 6.07) is 5.18. The minimum Gasteiger partial charge on any atom is -0.379 e. The first-order valence-electron chi connectivity index (χ1n) is 6.70. The highest BCUT2D eigenvalue weighted by Gasteiger charge is 2.10. The summed E-state index contributed by atoms with van der Waals surface area (Å²) in [5.74, 6) is -0.0654. The molecular formula is C14H18BrClN2O2. The second-order valence-electron chi connectivity index (χ2n) is 4.69. The summed E-state index contributed by atoms with van der Waals surface area (Å²) < 4.78 is 6.03. The Balaban J connectivity index is 1.70. The third kappa shape index (κ3) is 4.74. The van der Waals surface area contributed by atoms with Gasteiger partial charge in [0.1, 0.15) is 0 Å². The summed E-state index contributed by atoms with van der Waals surface area (Å²) in [6.07, 6.45) is 0.945. The fourth-order valence-corrected chi connectivity index (χ4v) is 2.57. The van der Waals surface area contributed by atoms with E-state index in [1.807, 2.05) is 0 Å². The minimum atomic E-state index is -0.0654. The van der Waals surface area contributed by atoms with Crippen LogP contribution in [0.2, 0.25) is 5.02 Å². The number of nitrogens with one attached hydrogen (secondary N) is 1. The maximum Gasteiger partial charge on any atom is 0.251 e. The third-order valence-corrected chi connectivity index (χ3v) is 4.44. The molecule has 0 aliphatic carbocycles. The van der Waals surface area contributed by atoms with Gasteiger partial charge < -0.3 is 10.1 Å². The molecule has 1 aromatic carbocycles. The predicted octanol–water partition coefficient (Wildman–Crippen LogP) is 2.55. The van der Waals surface area contributed by atoms with Gasteiger partial charge in [-0.25, -0.2) is 0 Å². The Hall–Kier alpha value is -0.620. The number of carbonyl (C=O) groups excluding carboxylic acids is 1. The van der Waals surface area contributed by atoms with Crippen LogP contribution in [-0.4, -0.2) is 50.2 Å². The molecule has 1 aromatic rings. The maximum atomic E-state index is 12.0. The molecule has 1 aliphatic rings. The first-order valence-corrected chi connectivity index (χ1v) is 7.87. The lowest BCUT2D eigenvalue weighted by molar-refractivity contribution is 0.0374. The van der Waals surface area contributed by atoms with E-state index in [9.17, 15) is 4.79 Å². The lowest BCUT2D eigenvalue weighted by atomic mass is 10.2. The number of hydrogen-bond acceptors (Lipinski definition) is 3. The monoisotopic (exact) mass is 360 g/mol. The van der Waals surface area contributed by atoms with E-state index < -0.39 is 0 Å². The summed E-state index contributed by atoms with van der Waals surface area (Å²) in [7, 11) is 0. The molecule has 1 fully saturated rings. The van der Waals surface area contributed by atoms with Crippen LogP contribution in [0.1, 0.15) is 16.8 Å². The molecule has 6 heteroatoms. The summed E-state index contributed by atoms with van der Waals surface area (Å²) in [5, 5.41) is 3.53. The first-order chi connectivity index (χ1) is 9.66. The summed E-state index contributed by atoms with van der Waals surface area (Å²) in [5.41, 5.74) is 0.618. The van der Waals surface area contributed by atoms with Crippen molar-refractivity contribution in [2.75, 3.05) is 39.4 Å². The average molecular weight is 362 g/mol. The topological polar surface area (TPSA) is 41.6 Å². The Morgan fingerprint density at radius 3 is 2.85 bits per heavy atom. The van der Waals surface area contributed by atoms with E-state index in [4.69, 9.17) is 16.3 Å². The van der Waals surface area contributed by atoms with Crippen LogP contribution in [0, 0.1) is 0 Å². The maximum absolute atomic E-state index is 12.0. The van der Waals surface area contributed by atoms with Crippen LogP contribution in [0.5, 0.6) is 0 Å². The molecule has 1 amide bonds. The average Bonchev–Trinajstić information content (AvgIpc) is 2.47. The lowest BCUT2D eigenvalue weighted by Gasteiger charge is -2.26. The fourth-order valence-electron chi connectivity index (χ4n) is 2.07. The highest BCUT2D eigenvalue weighted by molar-refractivity contribution is 9.10. The molecule has 1 heterocycles. The van der Waals surface area contributed by atoms with Crippen molar-refractivity contribution in [1.29, 1.82) is 0 Å². The molecule has 0 unspecified atom stereocenters. The second kappa shape index (κ2) is 7.98. The van der Waals surface area contributed by atoms with Gasteiger partial charge in [0.05, 0.1) is 18.2 Å². The number of ether oxygens (including phenoxy) is 1. The van der Waals surface area contributed by atoms with Crippen LogP contribution >= 0.6 is 27.5 Å². The number of nitrogens with zero attached hydrogens (tertiary/aromatic N) is 1.